The van der Waals surface area contributed by atoms with Crippen molar-refractivity contribution in [1.29, 1.82) is 0 Å². The van der Waals surface area contributed by atoms with Gasteiger partial charge >= 0.3 is 0 Å². The monoisotopic (exact) mass is 214 g/mol. The molecule has 15 heavy (non-hydrogen) atoms. The van der Waals surface area contributed by atoms with Crippen LogP contribution in [-0.2, 0) is 14.4 Å². The van der Waals surface area contributed by atoms with E-state index in [2.05, 4.69) is 10.6 Å². The minimum absolute atomic E-state index is 0.197. The molecule has 1 atom stereocenters. The topological polar surface area (TPSA) is 95.5 Å². The second-order valence-corrected chi connectivity index (χ2v) is 4.04. The number of imide groups is 1. The van der Waals surface area contributed by atoms with Crippen LogP contribution in [0.4, 0.5) is 0 Å². The lowest BCUT2D eigenvalue weighted by atomic mass is 10.0. The molecule has 1 aliphatic rings. The lowest BCUT2D eigenvalue weighted by molar-refractivity contribution is -0.142. The fraction of sp³-hybridized carbons (Fsp3) is 0.667. The van der Waals surface area contributed by atoms with Crippen molar-refractivity contribution in [3.63, 3.8) is 0 Å². The summed E-state index contributed by atoms with van der Waals surface area (Å²) in [6.07, 6.45) is 0.467. The molecule has 0 saturated carbocycles. The van der Waals surface area contributed by atoms with Gasteiger partial charge in [-0.05, 0) is 20.3 Å². The maximum atomic E-state index is 11.3. The first-order valence-electron chi connectivity index (χ1n) is 4.68. The molecule has 3 N–H and O–H groups in total. The first-order chi connectivity index (χ1) is 6.80. The zero-order valence-electron chi connectivity index (χ0n) is 8.66. The molecule has 84 valence electrons. The SMILES string of the molecule is CC(C)(O)C(=O)NC1CCC(=O)NC1=O. The Labute approximate surface area is 87.0 Å². The second-order valence-electron chi connectivity index (χ2n) is 4.04. The largest absolute Gasteiger partial charge is 0.381 e. The smallest absolute Gasteiger partial charge is 0.252 e. The number of amides is 3. The second kappa shape index (κ2) is 3.98. The third-order valence-electron chi connectivity index (χ3n) is 2.10. The van der Waals surface area contributed by atoms with Crippen LogP contribution in [0.2, 0.25) is 0 Å². The standard InChI is InChI=1S/C9H14N2O4/c1-9(2,15)8(14)10-5-3-4-6(12)11-7(5)13/h5,15H,3-4H2,1-2H3,(H,10,14)(H,11,12,13). The maximum Gasteiger partial charge on any atom is 0.252 e. The molecule has 0 aromatic heterocycles. The Morgan fingerprint density at radius 1 is 1.53 bits per heavy atom. The Morgan fingerprint density at radius 3 is 2.60 bits per heavy atom. The highest BCUT2D eigenvalue weighted by molar-refractivity contribution is 6.02. The van der Waals surface area contributed by atoms with Gasteiger partial charge in [-0.1, -0.05) is 0 Å². The lowest BCUT2D eigenvalue weighted by Gasteiger charge is -2.25. The van der Waals surface area contributed by atoms with Crippen LogP contribution in [0.15, 0.2) is 0 Å². The Balaban J connectivity index is 2.56. The van der Waals surface area contributed by atoms with Gasteiger partial charge < -0.3 is 10.4 Å². The summed E-state index contributed by atoms with van der Waals surface area (Å²) in [4.78, 5) is 33.4. The predicted molar refractivity (Wildman–Crippen MR) is 50.6 cm³/mol. The first kappa shape index (κ1) is 11.6. The molecule has 0 aromatic rings. The fourth-order valence-corrected chi connectivity index (χ4v) is 1.17. The van der Waals surface area contributed by atoms with Gasteiger partial charge in [-0.25, -0.2) is 0 Å². The molecule has 1 rings (SSSR count). The molecule has 3 amide bonds. The maximum absolute atomic E-state index is 11.3. The molecule has 1 fully saturated rings. The number of carbonyl (C=O) groups is 3. The summed E-state index contributed by atoms with van der Waals surface area (Å²) >= 11 is 0. The third-order valence-corrected chi connectivity index (χ3v) is 2.10. The number of piperidine rings is 1. The number of carbonyl (C=O) groups excluding carboxylic acids is 3. The number of hydrogen-bond acceptors (Lipinski definition) is 4. The van der Waals surface area contributed by atoms with Crippen molar-refractivity contribution in [2.24, 2.45) is 0 Å². The van der Waals surface area contributed by atoms with Crippen molar-refractivity contribution < 1.29 is 19.5 Å². The van der Waals surface area contributed by atoms with Gasteiger partial charge in [0.1, 0.15) is 11.6 Å². The first-order valence-corrected chi connectivity index (χ1v) is 4.68. The lowest BCUT2D eigenvalue weighted by Crippen LogP contribution is -2.55. The average molecular weight is 214 g/mol. The minimum atomic E-state index is -1.53. The van der Waals surface area contributed by atoms with Gasteiger partial charge in [0.15, 0.2) is 0 Å². The summed E-state index contributed by atoms with van der Waals surface area (Å²) in [6.45, 7) is 2.66. The molecule has 0 aromatic carbocycles. The van der Waals surface area contributed by atoms with Crippen LogP contribution in [-0.4, -0.2) is 34.5 Å². The molecule has 1 heterocycles. The van der Waals surface area contributed by atoms with Crippen LogP contribution in [0.25, 0.3) is 0 Å². The molecule has 0 bridgehead atoms. The summed E-state index contributed by atoms with van der Waals surface area (Å²) in [5, 5.41) is 13.8. The van der Waals surface area contributed by atoms with E-state index in [1.807, 2.05) is 0 Å². The molecule has 1 saturated heterocycles. The Hall–Kier alpha value is -1.43. The Morgan fingerprint density at radius 2 is 2.13 bits per heavy atom. The van der Waals surface area contributed by atoms with Gasteiger partial charge in [0, 0.05) is 6.42 Å². The quantitative estimate of drug-likeness (QED) is 0.497. The van der Waals surface area contributed by atoms with E-state index in [1.165, 1.54) is 13.8 Å². The normalized spacial score (nSPS) is 22.2. The molecule has 0 aliphatic carbocycles. The molecule has 0 spiro atoms. The minimum Gasteiger partial charge on any atom is -0.381 e. The highest BCUT2D eigenvalue weighted by atomic mass is 16.3. The van der Waals surface area contributed by atoms with Crippen molar-refractivity contribution in [3.8, 4) is 0 Å². The number of nitrogens with one attached hydrogen (secondary N) is 2. The van der Waals surface area contributed by atoms with Crippen LogP contribution >= 0.6 is 0 Å². The molecule has 1 unspecified atom stereocenters. The summed E-state index contributed by atoms with van der Waals surface area (Å²) in [7, 11) is 0. The number of hydrogen-bond donors (Lipinski definition) is 3. The number of aliphatic hydroxyl groups is 1. The zero-order chi connectivity index (χ0) is 11.6. The molecular weight excluding hydrogens is 200 g/mol. The van der Waals surface area contributed by atoms with Crippen LogP contribution in [0.3, 0.4) is 0 Å². The zero-order valence-corrected chi connectivity index (χ0v) is 8.66. The van der Waals surface area contributed by atoms with E-state index in [-0.39, 0.29) is 18.7 Å². The van der Waals surface area contributed by atoms with Gasteiger partial charge in [0.05, 0.1) is 0 Å². The highest BCUT2D eigenvalue weighted by Crippen LogP contribution is 2.07. The Kier molecular flexibility index (Phi) is 3.09. The van der Waals surface area contributed by atoms with Crippen LogP contribution in [0, 0.1) is 0 Å². The van der Waals surface area contributed by atoms with E-state index >= 15 is 0 Å². The molecular formula is C9H14N2O4. The van der Waals surface area contributed by atoms with E-state index in [1.54, 1.807) is 0 Å². The predicted octanol–water partition coefficient (Wildman–Crippen LogP) is -1.32. The van der Waals surface area contributed by atoms with Gasteiger partial charge in [-0.3, -0.25) is 19.7 Å². The summed E-state index contributed by atoms with van der Waals surface area (Å²) in [6, 6.07) is -0.735. The van der Waals surface area contributed by atoms with Crippen molar-refractivity contribution in [3.05, 3.63) is 0 Å². The Bertz CT molecular complexity index is 306. The van der Waals surface area contributed by atoms with Crippen LogP contribution in [0.5, 0.6) is 0 Å². The van der Waals surface area contributed by atoms with E-state index in [4.69, 9.17) is 0 Å². The van der Waals surface area contributed by atoms with Crippen LogP contribution < -0.4 is 10.6 Å². The van der Waals surface area contributed by atoms with Gasteiger partial charge in [-0.2, -0.15) is 0 Å². The summed E-state index contributed by atoms with van der Waals surface area (Å²) in [5.74, 6) is -1.49. The highest BCUT2D eigenvalue weighted by Gasteiger charge is 2.32. The van der Waals surface area contributed by atoms with E-state index in [0.717, 1.165) is 0 Å². The van der Waals surface area contributed by atoms with E-state index in [9.17, 15) is 19.5 Å². The molecule has 6 heteroatoms. The van der Waals surface area contributed by atoms with Crippen molar-refractivity contribution >= 4 is 17.7 Å². The molecule has 6 nitrogen and oxygen atoms in total. The van der Waals surface area contributed by atoms with Crippen LogP contribution in [0.1, 0.15) is 26.7 Å². The van der Waals surface area contributed by atoms with Crippen molar-refractivity contribution in [1.82, 2.24) is 10.6 Å². The van der Waals surface area contributed by atoms with E-state index in [0.29, 0.717) is 0 Å². The molecule has 0 radical (unpaired) electrons. The molecule has 1 aliphatic heterocycles. The van der Waals surface area contributed by atoms with Gasteiger partial charge in [0.25, 0.3) is 5.91 Å². The van der Waals surface area contributed by atoms with Crippen molar-refractivity contribution in [2.75, 3.05) is 0 Å². The van der Waals surface area contributed by atoms with Gasteiger partial charge in [-0.15, -0.1) is 0 Å². The third kappa shape index (κ3) is 3.02. The summed E-state index contributed by atoms with van der Waals surface area (Å²) < 4.78 is 0. The van der Waals surface area contributed by atoms with E-state index < -0.39 is 23.5 Å². The van der Waals surface area contributed by atoms with Gasteiger partial charge in [0.2, 0.25) is 11.8 Å². The number of rotatable bonds is 2. The average Bonchev–Trinajstić information content (AvgIpc) is 2.08. The van der Waals surface area contributed by atoms with Crippen molar-refractivity contribution in [2.45, 2.75) is 38.3 Å². The fourth-order valence-electron chi connectivity index (χ4n) is 1.17. The summed E-state index contributed by atoms with van der Waals surface area (Å²) in [5.41, 5.74) is -1.53.